The Kier molecular flexibility index (Phi) is 6.44. The molecule has 0 fully saturated rings. The van der Waals surface area contributed by atoms with Crippen LogP contribution in [0.1, 0.15) is 12.5 Å². The van der Waals surface area contributed by atoms with Crippen molar-refractivity contribution in [1.29, 1.82) is 0 Å². The molecule has 0 aliphatic rings. The first-order valence-electron chi connectivity index (χ1n) is 10.8. The third-order valence-corrected chi connectivity index (χ3v) is 5.28. The van der Waals surface area contributed by atoms with Gasteiger partial charge in [0.2, 0.25) is 4.77 Å². The zero-order valence-electron chi connectivity index (χ0n) is 18.7. The molecule has 0 radical (unpaired) electrons. The number of ether oxygens (including phenoxy) is 2. The third kappa shape index (κ3) is 4.87. The van der Waals surface area contributed by atoms with Crippen LogP contribution in [0.15, 0.2) is 73.1 Å². The van der Waals surface area contributed by atoms with Gasteiger partial charge in [0.25, 0.3) is 0 Å². The van der Waals surface area contributed by atoms with Crippen molar-refractivity contribution in [1.82, 2.24) is 40.1 Å². The maximum atomic E-state index is 6.03. The van der Waals surface area contributed by atoms with Crippen molar-refractivity contribution in [3.05, 3.63) is 83.4 Å². The second-order valence-corrected chi connectivity index (χ2v) is 7.67. The Labute approximate surface area is 205 Å². The summed E-state index contributed by atoms with van der Waals surface area (Å²) < 4.78 is 15.6. The van der Waals surface area contributed by atoms with Crippen molar-refractivity contribution in [2.75, 3.05) is 12.0 Å². The Morgan fingerprint density at radius 3 is 2.66 bits per heavy atom. The molecule has 5 aromatic rings. The maximum Gasteiger partial charge on any atom is 0.346 e. The zero-order chi connectivity index (χ0) is 24.0. The number of hydrogen-bond donors (Lipinski definition) is 2. The van der Waals surface area contributed by atoms with Gasteiger partial charge in [-0.3, -0.25) is 4.98 Å². The van der Waals surface area contributed by atoms with Gasteiger partial charge >= 0.3 is 6.01 Å². The molecule has 0 atom stereocenters. The lowest BCUT2D eigenvalue weighted by molar-refractivity contribution is 0.315. The van der Waals surface area contributed by atoms with Gasteiger partial charge in [0.15, 0.2) is 17.3 Å². The number of nitrogens with zero attached hydrogens (tertiary/aromatic N) is 7. The van der Waals surface area contributed by atoms with E-state index in [0.29, 0.717) is 35.2 Å². The Hall–Kier alpha value is -4.58. The number of rotatable bonds is 9. The van der Waals surface area contributed by atoms with Gasteiger partial charge < -0.3 is 14.9 Å². The SMILES string of the molecule is CCOc1cc(CNn2c(-c3ccncc3)n[nH]c2=S)ccc1Oc1nnnn1-c1ccccc1. The smallest absolute Gasteiger partial charge is 0.346 e. The summed E-state index contributed by atoms with van der Waals surface area (Å²) in [5.74, 6) is 1.73. The summed E-state index contributed by atoms with van der Waals surface area (Å²) in [5.41, 5.74) is 5.93. The highest BCUT2D eigenvalue weighted by Crippen LogP contribution is 2.32. The number of H-pyrrole nitrogens is 1. The van der Waals surface area contributed by atoms with E-state index in [1.807, 2.05) is 67.6 Å². The fourth-order valence-corrected chi connectivity index (χ4v) is 3.59. The van der Waals surface area contributed by atoms with Crippen LogP contribution < -0.4 is 14.9 Å². The molecule has 0 saturated carbocycles. The van der Waals surface area contributed by atoms with Crippen LogP contribution in [0, 0.1) is 4.77 Å². The first-order valence-corrected chi connectivity index (χ1v) is 11.2. The van der Waals surface area contributed by atoms with E-state index in [9.17, 15) is 0 Å². The molecule has 176 valence electrons. The Morgan fingerprint density at radius 1 is 1.03 bits per heavy atom. The fraction of sp³-hybridized carbons (Fsp3) is 0.130. The molecule has 5 rings (SSSR count). The minimum Gasteiger partial charge on any atom is -0.490 e. The second-order valence-electron chi connectivity index (χ2n) is 7.28. The van der Waals surface area contributed by atoms with Crippen molar-refractivity contribution in [2.45, 2.75) is 13.5 Å². The van der Waals surface area contributed by atoms with Gasteiger partial charge in [-0.15, -0.1) is 0 Å². The number of benzene rings is 2. The highest BCUT2D eigenvalue weighted by molar-refractivity contribution is 7.71. The lowest BCUT2D eigenvalue weighted by Gasteiger charge is -2.14. The number of nitrogens with one attached hydrogen (secondary N) is 2. The minimum atomic E-state index is 0.231. The van der Waals surface area contributed by atoms with Crippen molar-refractivity contribution in [3.63, 3.8) is 0 Å². The number of hydrogen-bond acceptors (Lipinski definition) is 9. The third-order valence-electron chi connectivity index (χ3n) is 5.00. The predicted octanol–water partition coefficient (Wildman–Crippen LogP) is 3.91. The van der Waals surface area contributed by atoms with Crippen LogP contribution in [-0.2, 0) is 6.54 Å². The molecule has 11 nitrogen and oxygen atoms in total. The number of tetrazole rings is 1. The van der Waals surface area contributed by atoms with Gasteiger partial charge in [-0.05, 0) is 71.5 Å². The Bertz CT molecular complexity index is 1470. The number of pyridine rings is 1. The van der Waals surface area contributed by atoms with E-state index in [1.54, 1.807) is 17.1 Å². The van der Waals surface area contributed by atoms with Crippen LogP contribution in [0.25, 0.3) is 17.1 Å². The van der Waals surface area contributed by atoms with E-state index in [-0.39, 0.29) is 6.01 Å². The van der Waals surface area contributed by atoms with Gasteiger partial charge in [-0.25, -0.2) is 9.77 Å². The molecular formula is C23H21N9O2S. The zero-order valence-corrected chi connectivity index (χ0v) is 19.5. The summed E-state index contributed by atoms with van der Waals surface area (Å²) in [4.78, 5) is 4.05. The lowest BCUT2D eigenvalue weighted by atomic mass is 10.2. The summed E-state index contributed by atoms with van der Waals surface area (Å²) in [6.07, 6.45) is 3.41. The molecule has 0 amide bonds. The molecule has 0 bridgehead atoms. The fourth-order valence-electron chi connectivity index (χ4n) is 3.40. The average Bonchev–Trinajstić information content (AvgIpc) is 3.51. The molecule has 3 heterocycles. The molecular weight excluding hydrogens is 466 g/mol. The highest BCUT2D eigenvalue weighted by atomic mass is 32.1. The van der Waals surface area contributed by atoms with Crippen LogP contribution >= 0.6 is 12.2 Å². The quantitative estimate of drug-likeness (QED) is 0.298. The van der Waals surface area contributed by atoms with E-state index in [0.717, 1.165) is 16.8 Å². The van der Waals surface area contributed by atoms with Gasteiger partial charge in [0, 0.05) is 18.0 Å². The molecule has 0 spiro atoms. The van der Waals surface area contributed by atoms with E-state index in [4.69, 9.17) is 21.7 Å². The van der Waals surface area contributed by atoms with E-state index in [1.165, 1.54) is 4.68 Å². The molecule has 0 aliphatic heterocycles. The molecule has 2 N–H and O–H groups in total. The molecule has 0 saturated heterocycles. The number of aromatic nitrogens is 8. The van der Waals surface area contributed by atoms with Crippen LogP contribution in [0.2, 0.25) is 0 Å². The van der Waals surface area contributed by atoms with Crippen molar-refractivity contribution >= 4 is 12.2 Å². The first kappa shape index (κ1) is 22.2. The van der Waals surface area contributed by atoms with Crippen molar-refractivity contribution in [2.24, 2.45) is 0 Å². The minimum absolute atomic E-state index is 0.231. The Balaban J connectivity index is 1.37. The standard InChI is InChI=1S/C23H21N9O2S/c1-2-33-20-14-16(15-25-32-21(26-28-23(32)35)17-10-12-24-13-11-17)8-9-19(20)34-22-27-29-30-31(22)18-6-4-3-5-7-18/h3-14,25H,2,15H2,1H3,(H,28,35). The monoisotopic (exact) mass is 487 g/mol. The van der Waals surface area contributed by atoms with Crippen LogP contribution in [0.4, 0.5) is 0 Å². The first-order chi connectivity index (χ1) is 17.2. The van der Waals surface area contributed by atoms with Crippen molar-refractivity contribution in [3.8, 4) is 34.6 Å². The summed E-state index contributed by atoms with van der Waals surface area (Å²) in [6.45, 7) is 2.85. The van der Waals surface area contributed by atoms with Gasteiger partial charge in [-0.1, -0.05) is 29.4 Å². The van der Waals surface area contributed by atoms with Crippen LogP contribution in [0.5, 0.6) is 17.5 Å². The summed E-state index contributed by atoms with van der Waals surface area (Å²) in [7, 11) is 0. The topological polar surface area (TPSA) is 121 Å². The molecule has 0 aliphatic carbocycles. The van der Waals surface area contributed by atoms with Gasteiger partial charge in [0.1, 0.15) is 0 Å². The number of aromatic amines is 1. The van der Waals surface area contributed by atoms with Crippen LogP contribution in [-0.4, -0.2) is 46.7 Å². The summed E-state index contributed by atoms with van der Waals surface area (Å²) in [5, 5.41) is 18.9. The largest absolute Gasteiger partial charge is 0.490 e. The lowest BCUT2D eigenvalue weighted by Crippen LogP contribution is -2.16. The van der Waals surface area contributed by atoms with Gasteiger partial charge in [-0.2, -0.15) is 9.78 Å². The summed E-state index contributed by atoms with van der Waals surface area (Å²) in [6, 6.07) is 19.1. The van der Waals surface area contributed by atoms with Crippen molar-refractivity contribution < 1.29 is 9.47 Å². The highest BCUT2D eigenvalue weighted by Gasteiger charge is 2.15. The second kappa shape index (κ2) is 10.1. The van der Waals surface area contributed by atoms with Gasteiger partial charge in [0.05, 0.1) is 18.8 Å². The molecule has 0 unspecified atom stereocenters. The maximum absolute atomic E-state index is 6.03. The molecule has 3 aromatic heterocycles. The average molecular weight is 488 g/mol. The summed E-state index contributed by atoms with van der Waals surface area (Å²) >= 11 is 5.39. The van der Waals surface area contributed by atoms with E-state index in [2.05, 4.69) is 36.1 Å². The predicted molar refractivity (Wildman–Crippen MR) is 131 cm³/mol. The Morgan fingerprint density at radius 2 is 1.86 bits per heavy atom. The molecule has 2 aromatic carbocycles. The van der Waals surface area contributed by atoms with Crippen LogP contribution in [0.3, 0.4) is 0 Å². The molecule has 12 heteroatoms. The number of para-hydroxylation sites is 1. The molecule has 35 heavy (non-hydrogen) atoms. The van der Waals surface area contributed by atoms with E-state index >= 15 is 0 Å². The van der Waals surface area contributed by atoms with E-state index < -0.39 is 0 Å². The normalized spacial score (nSPS) is 10.8.